The average Bonchev–Trinajstić information content (AvgIpc) is 2.45. The van der Waals surface area contributed by atoms with E-state index in [1.54, 1.807) is 6.92 Å². The van der Waals surface area contributed by atoms with Crippen molar-refractivity contribution in [2.75, 3.05) is 6.61 Å². The molecule has 1 aromatic carbocycles. The predicted octanol–water partition coefficient (Wildman–Crippen LogP) is 2.94. The number of carboxylic acids is 1. The van der Waals surface area contributed by atoms with Crippen LogP contribution < -0.4 is 4.74 Å². The van der Waals surface area contributed by atoms with Crippen molar-refractivity contribution >= 4 is 5.97 Å². The number of rotatable bonds is 5. The van der Waals surface area contributed by atoms with E-state index in [0.29, 0.717) is 18.1 Å². The first-order valence-corrected chi connectivity index (χ1v) is 6.42. The van der Waals surface area contributed by atoms with Crippen LogP contribution in [-0.4, -0.2) is 27.7 Å². The van der Waals surface area contributed by atoms with E-state index in [0.717, 1.165) is 17.7 Å². The van der Waals surface area contributed by atoms with E-state index in [-0.39, 0.29) is 5.69 Å². The van der Waals surface area contributed by atoms with Crippen LogP contribution in [0.1, 0.15) is 29.7 Å². The van der Waals surface area contributed by atoms with Crippen LogP contribution in [0.5, 0.6) is 5.75 Å². The Bertz CT molecular complexity index is 609. The first kappa shape index (κ1) is 14.0. The number of carbonyl (C=O) groups is 1. The number of nitrogens with zero attached hydrogens (tertiary/aromatic N) is 2. The van der Waals surface area contributed by atoms with Crippen molar-refractivity contribution in [1.29, 1.82) is 0 Å². The third-order valence-electron chi connectivity index (χ3n) is 2.68. The zero-order chi connectivity index (χ0) is 14.5. The Balaban J connectivity index is 2.29. The molecule has 0 saturated carbocycles. The SMILES string of the molecule is CCCOc1ccc(-c2cc(C(=O)O)nc(C)n2)cc1. The Morgan fingerprint density at radius 1 is 1.25 bits per heavy atom. The van der Waals surface area contributed by atoms with E-state index in [9.17, 15) is 4.79 Å². The Kier molecular flexibility index (Phi) is 4.30. The smallest absolute Gasteiger partial charge is 0.354 e. The number of ether oxygens (including phenoxy) is 1. The number of aromatic nitrogens is 2. The quantitative estimate of drug-likeness (QED) is 0.906. The van der Waals surface area contributed by atoms with Crippen LogP contribution in [0.3, 0.4) is 0 Å². The number of hydrogen-bond acceptors (Lipinski definition) is 4. The topological polar surface area (TPSA) is 72.3 Å². The third-order valence-corrected chi connectivity index (χ3v) is 2.68. The molecule has 1 aromatic heterocycles. The molecule has 104 valence electrons. The van der Waals surface area contributed by atoms with Crippen LogP contribution >= 0.6 is 0 Å². The monoisotopic (exact) mass is 272 g/mol. The molecule has 0 saturated heterocycles. The fraction of sp³-hybridized carbons (Fsp3) is 0.267. The van der Waals surface area contributed by atoms with Gasteiger partial charge < -0.3 is 9.84 Å². The Morgan fingerprint density at radius 2 is 1.95 bits per heavy atom. The summed E-state index contributed by atoms with van der Waals surface area (Å²) in [6, 6.07) is 8.89. The summed E-state index contributed by atoms with van der Waals surface area (Å²) in [4.78, 5) is 19.1. The molecule has 0 aliphatic heterocycles. The van der Waals surface area contributed by atoms with Crippen LogP contribution in [0.15, 0.2) is 30.3 Å². The van der Waals surface area contributed by atoms with Gasteiger partial charge in [-0.1, -0.05) is 6.92 Å². The maximum Gasteiger partial charge on any atom is 0.354 e. The van der Waals surface area contributed by atoms with Gasteiger partial charge >= 0.3 is 5.97 Å². The summed E-state index contributed by atoms with van der Waals surface area (Å²) in [6.45, 7) is 4.40. The highest BCUT2D eigenvalue weighted by Crippen LogP contribution is 2.21. The number of aromatic carboxylic acids is 1. The lowest BCUT2D eigenvalue weighted by Crippen LogP contribution is -2.04. The van der Waals surface area contributed by atoms with Crippen LogP contribution in [-0.2, 0) is 0 Å². The fourth-order valence-corrected chi connectivity index (χ4v) is 1.77. The largest absolute Gasteiger partial charge is 0.494 e. The molecule has 1 heterocycles. The first-order chi connectivity index (χ1) is 9.60. The molecule has 0 spiro atoms. The number of benzene rings is 1. The van der Waals surface area contributed by atoms with Gasteiger partial charge in [-0.15, -0.1) is 0 Å². The molecular weight excluding hydrogens is 256 g/mol. The molecule has 0 radical (unpaired) electrons. The van der Waals surface area contributed by atoms with Crippen molar-refractivity contribution < 1.29 is 14.6 Å². The molecular formula is C15H16N2O3. The van der Waals surface area contributed by atoms with Gasteiger partial charge in [0.1, 0.15) is 11.6 Å². The second-order valence-electron chi connectivity index (χ2n) is 4.36. The first-order valence-electron chi connectivity index (χ1n) is 6.42. The van der Waals surface area contributed by atoms with Gasteiger partial charge in [0.2, 0.25) is 0 Å². The second-order valence-corrected chi connectivity index (χ2v) is 4.36. The van der Waals surface area contributed by atoms with Gasteiger partial charge in [0.15, 0.2) is 5.69 Å². The van der Waals surface area contributed by atoms with Crippen LogP contribution in [0, 0.1) is 6.92 Å². The van der Waals surface area contributed by atoms with E-state index in [2.05, 4.69) is 9.97 Å². The summed E-state index contributed by atoms with van der Waals surface area (Å²) >= 11 is 0. The van der Waals surface area contributed by atoms with Gasteiger partial charge in [0, 0.05) is 5.56 Å². The Hall–Kier alpha value is -2.43. The van der Waals surface area contributed by atoms with Crippen molar-refractivity contribution in [3.05, 3.63) is 41.9 Å². The average molecular weight is 272 g/mol. The van der Waals surface area contributed by atoms with E-state index in [4.69, 9.17) is 9.84 Å². The maximum atomic E-state index is 11.0. The highest BCUT2D eigenvalue weighted by molar-refractivity contribution is 5.86. The molecule has 0 amide bonds. The van der Waals surface area contributed by atoms with Gasteiger partial charge in [-0.2, -0.15) is 0 Å². The lowest BCUT2D eigenvalue weighted by atomic mass is 10.1. The molecule has 0 bridgehead atoms. The van der Waals surface area contributed by atoms with Crippen LogP contribution in [0.4, 0.5) is 0 Å². The van der Waals surface area contributed by atoms with E-state index < -0.39 is 5.97 Å². The standard InChI is InChI=1S/C15H16N2O3/c1-3-8-20-12-6-4-11(5-7-12)13-9-14(15(18)19)17-10(2)16-13/h4-7,9H,3,8H2,1-2H3,(H,18,19). The van der Waals surface area contributed by atoms with Gasteiger partial charge in [0.25, 0.3) is 0 Å². The summed E-state index contributed by atoms with van der Waals surface area (Å²) < 4.78 is 5.50. The van der Waals surface area contributed by atoms with E-state index in [1.807, 2.05) is 31.2 Å². The minimum atomic E-state index is -1.06. The van der Waals surface area contributed by atoms with Crippen molar-refractivity contribution in [2.24, 2.45) is 0 Å². The third kappa shape index (κ3) is 3.32. The lowest BCUT2D eigenvalue weighted by Gasteiger charge is -2.07. The van der Waals surface area contributed by atoms with Gasteiger partial charge in [-0.25, -0.2) is 14.8 Å². The highest BCUT2D eigenvalue weighted by Gasteiger charge is 2.09. The van der Waals surface area contributed by atoms with Crippen LogP contribution in [0.25, 0.3) is 11.3 Å². The Morgan fingerprint density at radius 3 is 2.55 bits per heavy atom. The molecule has 20 heavy (non-hydrogen) atoms. The van der Waals surface area contributed by atoms with Crippen molar-refractivity contribution in [2.45, 2.75) is 20.3 Å². The van der Waals surface area contributed by atoms with Crippen molar-refractivity contribution in [3.63, 3.8) is 0 Å². The zero-order valence-corrected chi connectivity index (χ0v) is 11.5. The van der Waals surface area contributed by atoms with Crippen LogP contribution in [0.2, 0.25) is 0 Å². The minimum Gasteiger partial charge on any atom is -0.494 e. The minimum absolute atomic E-state index is 0.00110. The summed E-state index contributed by atoms with van der Waals surface area (Å²) in [7, 11) is 0. The Labute approximate surface area is 117 Å². The lowest BCUT2D eigenvalue weighted by molar-refractivity contribution is 0.0690. The molecule has 0 atom stereocenters. The summed E-state index contributed by atoms with van der Waals surface area (Å²) in [5.74, 6) is 0.172. The van der Waals surface area contributed by atoms with Gasteiger partial charge in [-0.05, 0) is 43.7 Å². The fourth-order valence-electron chi connectivity index (χ4n) is 1.77. The molecule has 2 rings (SSSR count). The zero-order valence-electron chi connectivity index (χ0n) is 11.5. The number of carboxylic acid groups (broad SMARTS) is 1. The molecule has 2 aromatic rings. The second kappa shape index (κ2) is 6.14. The molecule has 5 nitrogen and oxygen atoms in total. The molecule has 0 aliphatic carbocycles. The number of aryl methyl sites for hydroxylation is 1. The van der Waals surface area contributed by atoms with E-state index >= 15 is 0 Å². The predicted molar refractivity (Wildman–Crippen MR) is 75.0 cm³/mol. The normalized spacial score (nSPS) is 10.3. The molecule has 0 unspecified atom stereocenters. The molecule has 1 N–H and O–H groups in total. The van der Waals surface area contributed by atoms with Gasteiger partial charge in [-0.3, -0.25) is 0 Å². The van der Waals surface area contributed by atoms with Gasteiger partial charge in [0.05, 0.1) is 12.3 Å². The molecule has 0 fully saturated rings. The summed E-state index contributed by atoms with van der Waals surface area (Å²) in [6.07, 6.45) is 0.953. The van der Waals surface area contributed by atoms with Crippen molar-refractivity contribution in [3.8, 4) is 17.0 Å². The van der Waals surface area contributed by atoms with Crippen molar-refractivity contribution in [1.82, 2.24) is 9.97 Å². The molecule has 0 aliphatic rings. The maximum absolute atomic E-state index is 11.0. The van der Waals surface area contributed by atoms with E-state index in [1.165, 1.54) is 6.07 Å². The highest BCUT2D eigenvalue weighted by atomic mass is 16.5. The molecule has 5 heteroatoms. The summed E-state index contributed by atoms with van der Waals surface area (Å²) in [5.41, 5.74) is 1.43. The summed E-state index contributed by atoms with van der Waals surface area (Å²) in [5, 5.41) is 9.01. The number of hydrogen-bond donors (Lipinski definition) is 1.